The smallest absolute Gasteiger partial charge is 0.143 e. The zero-order valence-electron chi connectivity index (χ0n) is 17.3. The van der Waals surface area contributed by atoms with Crippen molar-refractivity contribution in [2.45, 2.75) is 0 Å². The van der Waals surface area contributed by atoms with Crippen LogP contribution in [0.15, 0.2) is 120 Å². The number of nitrogens with zero attached hydrogens (tertiary/aromatic N) is 1. The van der Waals surface area contributed by atoms with Crippen LogP contribution >= 0.6 is 0 Å². The number of aromatic nitrogens is 1. The van der Waals surface area contributed by atoms with E-state index in [9.17, 15) is 0 Å². The molecule has 150 valence electrons. The molecule has 0 aliphatic carbocycles. The molecule has 2 heteroatoms. The van der Waals surface area contributed by atoms with E-state index in [4.69, 9.17) is 4.42 Å². The first-order valence-electron chi connectivity index (χ1n) is 10.9. The largest absolute Gasteiger partial charge is 0.455 e. The number of hydrogen-bond acceptors (Lipinski definition) is 1. The summed E-state index contributed by atoms with van der Waals surface area (Å²) < 4.78 is 8.75. The molecule has 0 spiro atoms. The molecular weight excluding hydrogens is 390 g/mol. The lowest BCUT2D eigenvalue weighted by atomic mass is 10.0. The highest BCUT2D eigenvalue weighted by Gasteiger charge is 2.18. The minimum absolute atomic E-state index is 0.921. The van der Waals surface area contributed by atoms with Crippen LogP contribution in [-0.4, -0.2) is 4.57 Å². The van der Waals surface area contributed by atoms with Gasteiger partial charge in [-0.25, -0.2) is 0 Å². The molecular formula is C30H19NO. The van der Waals surface area contributed by atoms with E-state index in [1.54, 1.807) is 0 Å². The molecule has 0 atom stereocenters. The third kappa shape index (κ3) is 2.35. The predicted molar refractivity (Wildman–Crippen MR) is 133 cm³/mol. The summed E-state index contributed by atoms with van der Waals surface area (Å²) in [7, 11) is 0. The maximum atomic E-state index is 6.38. The van der Waals surface area contributed by atoms with Crippen molar-refractivity contribution in [3.63, 3.8) is 0 Å². The lowest BCUT2D eigenvalue weighted by Gasteiger charge is -2.14. The average molecular weight is 409 g/mol. The molecule has 0 amide bonds. The Labute approximate surface area is 184 Å². The number of para-hydroxylation sites is 5. The second-order valence-electron chi connectivity index (χ2n) is 8.17. The van der Waals surface area contributed by atoms with Gasteiger partial charge in [-0.3, -0.25) is 0 Å². The van der Waals surface area contributed by atoms with E-state index in [1.165, 1.54) is 21.8 Å². The van der Waals surface area contributed by atoms with E-state index in [0.717, 1.165) is 38.8 Å². The van der Waals surface area contributed by atoms with Crippen LogP contribution in [-0.2, 0) is 0 Å². The van der Waals surface area contributed by atoms with Gasteiger partial charge in [0, 0.05) is 32.7 Å². The molecule has 0 fully saturated rings. The van der Waals surface area contributed by atoms with E-state index in [-0.39, 0.29) is 0 Å². The maximum Gasteiger partial charge on any atom is 0.143 e. The molecule has 0 bridgehead atoms. The summed E-state index contributed by atoms with van der Waals surface area (Å²) in [6.07, 6.45) is 0. The first kappa shape index (κ1) is 17.4. The van der Waals surface area contributed by atoms with Crippen LogP contribution in [0.5, 0.6) is 0 Å². The van der Waals surface area contributed by atoms with Crippen LogP contribution in [0.25, 0.3) is 60.6 Å². The van der Waals surface area contributed by atoms with Crippen molar-refractivity contribution in [1.29, 1.82) is 0 Å². The lowest BCUT2D eigenvalue weighted by molar-refractivity contribution is 0.670. The van der Waals surface area contributed by atoms with Gasteiger partial charge in [0.15, 0.2) is 0 Å². The molecule has 5 aromatic carbocycles. The number of hydrogen-bond donors (Lipinski definition) is 0. The third-order valence-corrected chi connectivity index (χ3v) is 6.42. The van der Waals surface area contributed by atoms with Crippen LogP contribution in [0.3, 0.4) is 0 Å². The van der Waals surface area contributed by atoms with Crippen molar-refractivity contribution in [2.75, 3.05) is 0 Å². The Hall–Kier alpha value is -4.30. The molecule has 0 saturated heterocycles. The minimum Gasteiger partial charge on any atom is -0.455 e. The number of fused-ring (bicyclic) bond motifs is 6. The third-order valence-electron chi connectivity index (χ3n) is 6.42. The van der Waals surface area contributed by atoms with Crippen molar-refractivity contribution in [3.8, 4) is 16.8 Å². The van der Waals surface area contributed by atoms with Gasteiger partial charge in [-0.15, -0.1) is 0 Å². The second-order valence-corrected chi connectivity index (χ2v) is 8.17. The first-order valence-corrected chi connectivity index (χ1v) is 10.9. The zero-order valence-corrected chi connectivity index (χ0v) is 17.3. The molecule has 7 rings (SSSR count). The Balaban J connectivity index is 1.60. The number of benzene rings is 5. The fraction of sp³-hybridized carbons (Fsp3) is 0. The van der Waals surface area contributed by atoms with E-state index in [2.05, 4.69) is 108 Å². The summed E-state index contributed by atoms with van der Waals surface area (Å²) in [6.45, 7) is 0. The van der Waals surface area contributed by atoms with Gasteiger partial charge in [0.1, 0.15) is 11.2 Å². The van der Waals surface area contributed by atoms with Gasteiger partial charge in [0.2, 0.25) is 0 Å². The van der Waals surface area contributed by atoms with E-state index in [0.29, 0.717) is 0 Å². The molecule has 0 radical (unpaired) electrons. The van der Waals surface area contributed by atoms with Crippen molar-refractivity contribution in [2.24, 2.45) is 0 Å². The molecule has 0 aliphatic rings. The van der Waals surface area contributed by atoms with Crippen molar-refractivity contribution in [1.82, 2.24) is 4.57 Å². The SMILES string of the molecule is c1ccc(-n2c3ccccc3c3ccccc32)c(-c2cccc3c2oc2ccccc23)c1. The van der Waals surface area contributed by atoms with Gasteiger partial charge in [0.05, 0.1) is 16.7 Å². The van der Waals surface area contributed by atoms with Crippen LogP contribution in [0.4, 0.5) is 0 Å². The Morgan fingerprint density at radius 3 is 1.78 bits per heavy atom. The Morgan fingerprint density at radius 2 is 1.00 bits per heavy atom. The van der Waals surface area contributed by atoms with Gasteiger partial charge in [-0.1, -0.05) is 91.0 Å². The van der Waals surface area contributed by atoms with Crippen LogP contribution < -0.4 is 0 Å². The molecule has 7 aromatic rings. The summed E-state index contributed by atoms with van der Waals surface area (Å²) in [5.41, 5.74) is 7.68. The van der Waals surface area contributed by atoms with Crippen LogP contribution in [0, 0.1) is 0 Å². The van der Waals surface area contributed by atoms with E-state index in [1.807, 2.05) is 12.1 Å². The minimum atomic E-state index is 0.921. The second kappa shape index (κ2) is 6.60. The maximum absolute atomic E-state index is 6.38. The normalized spacial score (nSPS) is 11.8. The molecule has 0 unspecified atom stereocenters. The number of furan rings is 1. The van der Waals surface area contributed by atoms with Crippen LogP contribution in [0.1, 0.15) is 0 Å². The fourth-order valence-electron chi connectivity index (χ4n) is 5.04. The van der Waals surface area contributed by atoms with Crippen molar-refractivity contribution in [3.05, 3.63) is 115 Å². The van der Waals surface area contributed by atoms with E-state index < -0.39 is 0 Å². The summed E-state index contributed by atoms with van der Waals surface area (Å²) in [5.74, 6) is 0. The quantitative estimate of drug-likeness (QED) is 0.280. The molecule has 2 aromatic heterocycles. The molecule has 0 aliphatic heterocycles. The lowest BCUT2D eigenvalue weighted by Crippen LogP contribution is -1.97. The highest BCUT2D eigenvalue weighted by Crippen LogP contribution is 2.40. The Bertz CT molecular complexity index is 1730. The van der Waals surface area contributed by atoms with Gasteiger partial charge >= 0.3 is 0 Å². The predicted octanol–water partition coefficient (Wildman–Crippen LogP) is 8.35. The van der Waals surface area contributed by atoms with E-state index >= 15 is 0 Å². The number of rotatable bonds is 2. The average Bonchev–Trinajstić information content (AvgIpc) is 3.40. The van der Waals surface area contributed by atoms with Gasteiger partial charge in [0.25, 0.3) is 0 Å². The fourth-order valence-corrected chi connectivity index (χ4v) is 5.04. The summed E-state index contributed by atoms with van der Waals surface area (Å²) in [5, 5.41) is 4.83. The molecule has 2 nitrogen and oxygen atoms in total. The molecule has 0 saturated carbocycles. The monoisotopic (exact) mass is 409 g/mol. The van der Waals surface area contributed by atoms with Gasteiger partial charge in [-0.2, -0.15) is 0 Å². The Morgan fingerprint density at radius 1 is 0.438 bits per heavy atom. The topological polar surface area (TPSA) is 18.1 Å². The van der Waals surface area contributed by atoms with Crippen molar-refractivity contribution >= 4 is 43.7 Å². The van der Waals surface area contributed by atoms with Gasteiger partial charge in [-0.05, 0) is 24.3 Å². The van der Waals surface area contributed by atoms with Crippen molar-refractivity contribution < 1.29 is 4.42 Å². The first-order chi connectivity index (χ1) is 15.9. The van der Waals surface area contributed by atoms with Crippen LogP contribution in [0.2, 0.25) is 0 Å². The molecule has 0 N–H and O–H groups in total. The van der Waals surface area contributed by atoms with Gasteiger partial charge < -0.3 is 8.98 Å². The highest BCUT2D eigenvalue weighted by molar-refractivity contribution is 6.12. The summed E-state index contributed by atoms with van der Waals surface area (Å²) >= 11 is 0. The molecule has 2 heterocycles. The standard InChI is InChI=1S/C30H19NO/c1-5-16-26-20(10-1)21-11-2-6-17-27(21)31(26)28-18-7-3-12-22(28)24-14-9-15-25-23-13-4-8-19-29(23)32-30(24)25/h1-19H. The molecule has 32 heavy (non-hydrogen) atoms. The highest BCUT2D eigenvalue weighted by atomic mass is 16.3. The summed E-state index contributed by atoms with van der Waals surface area (Å²) in [6, 6.07) is 40.6. The Kier molecular flexibility index (Phi) is 3.58. The zero-order chi connectivity index (χ0) is 21.1. The summed E-state index contributed by atoms with van der Waals surface area (Å²) in [4.78, 5) is 0.